The van der Waals surface area contributed by atoms with E-state index in [1.807, 2.05) is 60.7 Å². The second-order valence-electron chi connectivity index (χ2n) is 8.33. The van der Waals surface area contributed by atoms with E-state index in [1.165, 1.54) is 0 Å². The van der Waals surface area contributed by atoms with Crippen LogP contribution in [0.4, 0.5) is 0 Å². The molecule has 5 N–H and O–H groups in total. The van der Waals surface area contributed by atoms with Crippen LogP contribution in [0.15, 0.2) is 81.7 Å². The zero-order chi connectivity index (χ0) is 25.4. The highest BCUT2D eigenvalue weighted by atomic mass is 79.9. The molecule has 1 atom stereocenters. The number of rotatable bonds is 11. The summed E-state index contributed by atoms with van der Waals surface area (Å²) in [5, 5.41) is 10.1. The molecule has 0 aromatic heterocycles. The number of hydrogen-bond acceptors (Lipinski definition) is 4. The van der Waals surface area contributed by atoms with Gasteiger partial charge in [-0.25, -0.2) is 0 Å². The quantitative estimate of drug-likeness (QED) is 0.266. The van der Waals surface area contributed by atoms with Crippen LogP contribution >= 0.6 is 31.9 Å². The second kappa shape index (κ2) is 12.9. The summed E-state index contributed by atoms with van der Waals surface area (Å²) in [5.41, 5.74) is 13.9. The number of nitrogens with zero attached hydrogens (tertiary/aromatic N) is 1. The molecule has 3 aromatic carbocycles. The summed E-state index contributed by atoms with van der Waals surface area (Å²) < 4.78 is 0.964. The molecule has 0 saturated carbocycles. The highest BCUT2D eigenvalue weighted by molar-refractivity contribution is 9.11. The van der Waals surface area contributed by atoms with Gasteiger partial charge in [0.05, 0.1) is 14.9 Å². The van der Waals surface area contributed by atoms with Crippen LogP contribution in [-0.2, 0) is 16.1 Å². The van der Waals surface area contributed by atoms with Gasteiger partial charge < -0.3 is 21.5 Å². The van der Waals surface area contributed by atoms with Crippen LogP contribution in [0.25, 0.3) is 0 Å². The zero-order valence-electron chi connectivity index (χ0n) is 19.2. The van der Waals surface area contributed by atoms with Crippen molar-refractivity contribution in [2.24, 2.45) is 11.5 Å². The average Bonchev–Trinajstić information content (AvgIpc) is 2.85. The number of nitrogens with two attached hydrogens (primary N) is 2. The first kappa shape index (κ1) is 26.9. The lowest BCUT2D eigenvalue weighted by Gasteiger charge is -2.33. The molecule has 0 aliphatic rings. The van der Waals surface area contributed by atoms with E-state index >= 15 is 0 Å². The number of unbranched alkanes of at least 4 members (excludes halogenated alkanes) is 1. The third-order valence-corrected chi connectivity index (χ3v) is 7.07. The zero-order valence-corrected chi connectivity index (χ0v) is 22.4. The smallest absolute Gasteiger partial charge is 0.240 e. The van der Waals surface area contributed by atoms with Crippen molar-refractivity contribution in [1.29, 1.82) is 0 Å². The first-order valence-electron chi connectivity index (χ1n) is 11.4. The predicted octanol–water partition coefficient (Wildman–Crippen LogP) is 5.06. The molecule has 0 heterocycles. The molecular weight excluding hydrogens is 574 g/mol. The largest absolute Gasteiger partial charge is 0.506 e. The summed E-state index contributed by atoms with van der Waals surface area (Å²) >= 11 is 6.71. The standard InChI is InChI=1S/C27H29Br2N3O3/c28-21-15-18(16-22(29)25(21)33)17-32(23(26(31)34)13-7-8-14-30)27(35)24(19-9-3-1-4-10-19)20-11-5-2-6-12-20/h1-6,9-12,15-16,23-24,33H,7-8,13-14,17,30H2,(H2,31,34)/t23-/m1/s1. The molecule has 0 aliphatic carbocycles. The van der Waals surface area contributed by atoms with Gasteiger partial charge in [0.2, 0.25) is 11.8 Å². The van der Waals surface area contributed by atoms with Gasteiger partial charge in [-0.2, -0.15) is 0 Å². The van der Waals surface area contributed by atoms with E-state index in [-0.39, 0.29) is 18.2 Å². The fraction of sp³-hybridized carbons (Fsp3) is 0.259. The molecule has 3 rings (SSSR count). The molecule has 2 amide bonds. The van der Waals surface area contributed by atoms with Crippen molar-refractivity contribution in [3.63, 3.8) is 0 Å². The number of primary amides is 1. The van der Waals surface area contributed by atoms with Crippen molar-refractivity contribution in [3.8, 4) is 5.75 Å². The predicted molar refractivity (Wildman–Crippen MR) is 145 cm³/mol. The van der Waals surface area contributed by atoms with E-state index in [9.17, 15) is 14.7 Å². The maximum Gasteiger partial charge on any atom is 0.240 e. The molecule has 184 valence electrons. The van der Waals surface area contributed by atoms with E-state index in [4.69, 9.17) is 11.5 Å². The summed E-state index contributed by atoms with van der Waals surface area (Å²) in [7, 11) is 0. The number of amides is 2. The van der Waals surface area contributed by atoms with Gasteiger partial charge in [0.15, 0.2) is 0 Å². The Balaban J connectivity index is 2.09. The van der Waals surface area contributed by atoms with Crippen LogP contribution in [0.5, 0.6) is 5.75 Å². The van der Waals surface area contributed by atoms with Crippen molar-refractivity contribution in [1.82, 2.24) is 4.90 Å². The molecule has 0 fully saturated rings. The van der Waals surface area contributed by atoms with Gasteiger partial charge >= 0.3 is 0 Å². The normalized spacial score (nSPS) is 11.9. The molecule has 35 heavy (non-hydrogen) atoms. The van der Waals surface area contributed by atoms with Gasteiger partial charge in [0, 0.05) is 6.54 Å². The van der Waals surface area contributed by atoms with E-state index in [0.29, 0.717) is 28.3 Å². The Morgan fingerprint density at radius 1 is 0.886 bits per heavy atom. The van der Waals surface area contributed by atoms with Crippen LogP contribution in [0.1, 0.15) is 41.9 Å². The Morgan fingerprint density at radius 2 is 1.40 bits per heavy atom. The number of phenols is 1. The van der Waals surface area contributed by atoms with Gasteiger partial charge in [-0.1, -0.05) is 60.7 Å². The molecule has 0 unspecified atom stereocenters. The van der Waals surface area contributed by atoms with E-state index < -0.39 is 17.9 Å². The molecule has 0 radical (unpaired) electrons. The van der Waals surface area contributed by atoms with Crippen LogP contribution in [0, 0.1) is 0 Å². The third-order valence-electron chi connectivity index (χ3n) is 5.86. The average molecular weight is 603 g/mol. The van der Waals surface area contributed by atoms with Crippen LogP contribution in [0.3, 0.4) is 0 Å². The fourth-order valence-electron chi connectivity index (χ4n) is 4.12. The Morgan fingerprint density at radius 3 is 1.86 bits per heavy atom. The molecule has 0 aliphatic heterocycles. The van der Waals surface area contributed by atoms with E-state index in [2.05, 4.69) is 31.9 Å². The molecule has 3 aromatic rings. The summed E-state index contributed by atoms with van der Waals surface area (Å²) in [5.74, 6) is -1.34. The number of phenolic OH excluding ortho intramolecular Hbond substituents is 1. The summed E-state index contributed by atoms with van der Waals surface area (Å²) in [6, 6.07) is 21.7. The number of carbonyl (C=O) groups is 2. The topological polar surface area (TPSA) is 110 Å². The van der Waals surface area contributed by atoms with E-state index in [1.54, 1.807) is 17.0 Å². The number of benzene rings is 3. The summed E-state index contributed by atoms with van der Waals surface area (Å²) in [6.45, 7) is 0.636. The lowest BCUT2D eigenvalue weighted by Crippen LogP contribution is -2.49. The van der Waals surface area contributed by atoms with Gasteiger partial charge in [0.1, 0.15) is 11.8 Å². The fourth-order valence-corrected chi connectivity index (χ4v) is 5.40. The Hall–Kier alpha value is -2.68. The van der Waals surface area contributed by atoms with Crippen molar-refractivity contribution >= 4 is 43.7 Å². The van der Waals surface area contributed by atoms with Crippen molar-refractivity contribution in [2.75, 3.05) is 6.54 Å². The second-order valence-corrected chi connectivity index (χ2v) is 10.0. The number of carbonyl (C=O) groups excluding carboxylic acids is 2. The van der Waals surface area contributed by atoms with Crippen LogP contribution in [0.2, 0.25) is 0 Å². The molecular formula is C27H29Br2N3O3. The van der Waals surface area contributed by atoms with Gasteiger partial charge in [0.25, 0.3) is 0 Å². The number of aromatic hydroxyl groups is 1. The minimum Gasteiger partial charge on any atom is -0.506 e. The molecule has 8 heteroatoms. The van der Waals surface area contributed by atoms with E-state index in [0.717, 1.165) is 23.1 Å². The number of hydrogen-bond donors (Lipinski definition) is 3. The SMILES string of the molecule is NCCCC[C@H](C(N)=O)N(Cc1cc(Br)c(O)c(Br)c1)C(=O)C(c1ccccc1)c1ccccc1. The molecule has 0 bridgehead atoms. The third kappa shape index (κ3) is 6.93. The first-order chi connectivity index (χ1) is 16.8. The minimum atomic E-state index is -0.810. The van der Waals surface area contributed by atoms with Crippen LogP contribution < -0.4 is 11.5 Å². The lowest BCUT2D eigenvalue weighted by atomic mass is 9.89. The lowest BCUT2D eigenvalue weighted by molar-refractivity contribution is -0.141. The Kier molecular flexibility index (Phi) is 9.89. The van der Waals surface area contributed by atoms with Gasteiger partial charge in [-0.15, -0.1) is 0 Å². The van der Waals surface area contributed by atoms with Crippen LogP contribution in [-0.4, -0.2) is 34.4 Å². The summed E-state index contributed by atoms with van der Waals surface area (Å²) in [4.78, 5) is 28.5. The molecule has 0 saturated heterocycles. The maximum atomic E-state index is 14.3. The van der Waals surface area contributed by atoms with Crippen molar-refractivity contribution in [2.45, 2.75) is 37.8 Å². The molecule has 6 nitrogen and oxygen atoms in total. The van der Waals surface area contributed by atoms with Gasteiger partial charge in [-0.05, 0) is 86.5 Å². The summed E-state index contributed by atoms with van der Waals surface area (Å²) in [6.07, 6.45) is 1.80. The van der Waals surface area contributed by atoms with Gasteiger partial charge in [-0.3, -0.25) is 9.59 Å². The van der Waals surface area contributed by atoms with Crippen molar-refractivity contribution in [3.05, 3.63) is 98.4 Å². The first-order valence-corrected chi connectivity index (χ1v) is 13.0. The highest BCUT2D eigenvalue weighted by Crippen LogP contribution is 2.35. The minimum absolute atomic E-state index is 0.0625. The Labute approximate surface area is 222 Å². The maximum absolute atomic E-state index is 14.3. The monoisotopic (exact) mass is 601 g/mol. The highest BCUT2D eigenvalue weighted by Gasteiger charge is 2.34. The molecule has 0 spiro atoms. The number of halogens is 2. The van der Waals surface area contributed by atoms with Crippen molar-refractivity contribution < 1.29 is 14.7 Å². The Bertz CT molecular complexity index is 1080.